The van der Waals surface area contributed by atoms with E-state index in [1.807, 2.05) is 26.0 Å². The highest BCUT2D eigenvalue weighted by Gasteiger charge is 2.56. The van der Waals surface area contributed by atoms with Crippen molar-refractivity contribution in [3.8, 4) is 11.5 Å². The SMILES string of the molecule is CCCc1cc(Br)c(C2(c3c(Br)cc(CCC)c(CCC)c3O)OC(=O)c3cccc(C(=O)O)c32)c(O)c1CCC. The zero-order valence-electron chi connectivity index (χ0n) is 23.9. The number of cyclic esters (lactones) is 1. The minimum atomic E-state index is -1.95. The van der Waals surface area contributed by atoms with Gasteiger partial charge in [0, 0.05) is 14.5 Å². The van der Waals surface area contributed by atoms with Crippen LogP contribution in [0, 0.1) is 0 Å². The number of halogens is 2. The van der Waals surface area contributed by atoms with Gasteiger partial charge in [0.2, 0.25) is 0 Å². The molecule has 4 rings (SSSR count). The van der Waals surface area contributed by atoms with Gasteiger partial charge < -0.3 is 20.1 Å². The fourth-order valence-corrected chi connectivity index (χ4v) is 7.66. The molecule has 0 saturated carbocycles. The molecule has 0 saturated heterocycles. The van der Waals surface area contributed by atoms with E-state index in [0.717, 1.165) is 60.8 Å². The Hall–Kier alpha value is -2.84. The molecule has 0 aliphatic carbocycles. The van der Waals surface area contributed by atoms with Crippen molar-refractivity contribution in [2.45, 2.75) is 84.7 Å². The maximum Gasteiger partial charge on any atom is 0.340 e. The first-order valence-electron chi connectivity index (χ1n) is 14.3. The zero-order chi connectivity index (χ0) is 30.1. The Morgan fingerprint density at radius 1 is 0.780 bits per heavy atom. The summed E-state index contributed by atoms with van der Waals surface area (Å²) >= 11 is 7.34. The normalized spacial score (nSPS) is 13.8. The van der Waals surface area contributed by atoms with Crippen molar-refractivity contribution < 1.29 is 29.6 Å². The van der Waals surface area contributed by atoms with Crippen LogP contribution in [0.5, 0.6) is 11.5 Å². The molecule has 0 unspecified atom stereocenters. The zero-order valence-corrected chi connectivity index (χ0v) is 27.0. The summed E-state index contributed by atoms with van der Waals surface area (Å²) < 4.78 is 7.21. The number of aryl methyl sites for hydroxylation is 2. The first kappa shape index (κ1) is 31.1. The Labute approximate surface area is 258 Å². The molecule has 0 radical (unpaired) electrons. The summed E-state index contributed by atoms with van der Waals surface area (Å²) in [7, 11) is 0. The summed E-state index contributed by atoms with van der Waals surface area (Å²) in [5, 5.41) is 34.5. The second-order valence-electron chi connectivity index (χ2n) is 10.5. The van der Waals surface area contributed by atoms with Crippen LogP contribution in [0.25, 0.3) is 0 Å². The third-order valence-corrected chi connectivity index (χ3v) is 9.01. The van der Waals surface area contributed by atoms with Crippen LogP contribution in [0.15, 0.2) is 39.3 Å². The molecule has 8 heteroatoms. The highest BCUT2D eigenvalue weighted by Crippen LogP contribution is 2.58. The summed E-state index contributed by atoms with van der Waals surface area (Å²) in [5.41, 5.74) is 1.82. The molecule has 3 aromatic rings. The number of aromatic hydroxyl groups is 2. The lowest BCUT2D eigenvalue weighted by molar-refractivity contribution is 0.0228. The quantitative estimate of drug-likeness (QED) is 0.175. The molecular weight excluding hydrogens is 652 g/mol. The molecule has 1 heterocycles. The Balaban J connectivity index is 2.27. The van der Waals surface area contributed by atoms with E-state index < -0.39 is 17.5 Å². The largest absolute Gasteiger partial charge is 0.507 e. The standard InChI is InChI=1S/C33H36Br2O6/c1-5-10-18-16-24(34)27(29(36)20(18)12-7-3)33(26-22(31(38)39)14-9-15-23(26)32(40)41-33)28-25(35)17-19(11-6-2)21(13-8-4)30(28)37/h9,14-17,36-37H,5-8,10-13H2,1-4H3,(H,38,39). The van der Waals surface area contributed by atoms with Crippen LogP contribution in [-0.2, 0) is 36.0 Å². The molecule has 0 bridgehead atoms. The second-order valence-corrected chi connectivity index (χ2v) is 12.3. The Morgan fingerprint density at radius 3 is 1.66 bits per heavy atom. The Morgan fingerprint density at radius 2 is 1.24 bits per heavy atom. The van der Waals surface area contributed by atoms with Crippen molar-refractivity contribution in [3.05, 3.63) is 89.3 Å². The van der Waals surface area contributed by atoms with Gasteiger partial charge in [-0.2, -0.15) is 0 Å². The number of hydrogen-bond acceptors (Lipinski definition) is 5. The van der Waals surface area contributed by atoms with E-state index in [9.17, 15) is 24.9 Å². The predicted molar refractivity (Wildman–Crippen MR) is 166 cm³/mol. The maximum absolute atomic E-state index is 13.6. The van der Waals surface area contributed by atoms with Crippen LogP contribution in [-0.4, -0.2) is 27.3 Å². The summed E-state index contributed by atoms with van der Waals surface area (Å²) in [6.07, 6.45) is 5.84. The number of carbonyl (C=O) groups excluding carboxylic acids is 1. The lowest BCUT2D eigenvalue weighted by atomic mass is 9.74. The van der Waals surface area contributed by atoms with E-state index in [2.05, 4.69) is 45.7 Å². The number of carbonyl (C=O) groups is 2. The van der Waals surface area contributed by atoms with Gasteiger partial charge in [0.05, 0.1) is 22.3 Å². The molecule has 3 N–H and O–H groups in total. The van der Waals surface area contributed by atoms with Gasteiger partial charge in [-0.1, -0.05) is 91.3 Å². The van der Waals surface area contributed by atoms with Crippen LogP contribution in [0.4, 0.5) is 0 Å². The molecule has 6 nitrogen and oxygen atoms in total. The van der Waals surface area contributed by atoms with Crippen molar-refractivity contribution >= 4 is 43.8 Å². The van der Waals surface area contributed by atoms with Crippen molar-refractivity contribution in [1.82, 2.24) is 0 Å². The average Bonchev–Trinajstić information content (AvgIpc) is 3.21. The number of benzene rings is 3. The molecule has 0 amide bonds. The number of hydrogen-bond donors (Lipinski definition) is 3. The predicted octanol–water partition coefficient (Wildman–Crippen LogP) is 8.59. The number of aromatic carboxylic acids is 1. The van der Waals surface area contributed by atoms with Gasteiger partial charge in [0.1, 0.15) is 11.5 Å². The molecule has 3 aromatic carbocycles. The number of esters is 1. The van der Waals surface area contributed by atoms with E-state index in [1.165, 1.54) is 18.2 Å². The lowest BCUT2D eigenvalue weighted by Crippen LogP contribution is -2.33. The summed E-state index contributed by atoms with van der Waals surface area (Å²) in [6, 6.07) is 8.29. The Kier molecular flexibility index (Phi) is 9.54. The van der Waals surface area contributed by atoms with E-state index in [1.54, 1.807) is 0 Å². The van der Waals surface area contributed by atoms with Crippen molar-refractivity contribution in [2.75, 3.05) is 0 Å². The third-order valence-electron chi connectivity index (χ3n) is 7.76. The lowest BCUT2D eigenvalue weighted by Gasteiger charge is -2.35. The fraction of sp³-hybridized carbons (Fsp3) is 0.394. The van der Waals surface area contributed by atoms with Crippen molar-refractivity contribution in [1.29, 1.82) is 0 Å². The smallest absolute Gasteiger partial charge is 0.340 e. The van der Waals surface area contributed by atoms with Crippen molar-refractivity contribution in [3.63, 3.8) is 0 Å². The minimum Gasteiger partial charge on any atom is -0.507 e. The number of phenols is 2. The van der Waals surface area contributed by atoms with Crippen LogP contribution in [0.2, 0.25) is 0 Å². The van der Waals surface area contributed by atoms with Gasteiger partial charge >= 0.3 is 11.9 Å². The van der Waals surface area contributed by atoms with E-state index in [-0.39, 0.29) is 39.3 Å². The van der Waals surface area contributed by atoms with E-state index in [4.69, 9.17) is 4.74 Å². The molecule has 0 atom stereocenters. The van der Waals surface area contributed by atoms with Gasteiger partial charge in [-0.3, -0.25) is 0 Å². The third kappa shape index (κ3) is 5.18. The van der Waals surface area contributed by atoms with E-state index in [0.29, 0.717) is 21.8 Å². The highest BCUT2D eigenvalue weighted by atomic mass is 79.9. The number of carboxylic acid groups (broad SMARTS) is 1. The van der Waals surface area contributed by atoms with Crippen molar-refractivity contribution in [2.24, 2.45) is 0 Å². The first-order valence-corrected chi connectivity index (χ1v) is 15.8. The van der Waals surface area contributed by atoms with E-state index >= 15 is 0 Å². The summed E-state index contributed by atoms with van der Waals surface area (Å²) in [4.78, 5) is 26.3. The second kappa shape index (κ2) is 12.6. The topological polar surface area (TPSA) is 104 Å². The van der Waals surface area contributed by atoms with Gasteiger partial charge in [-0.15, -0.1) is 0 Å². The molecule has 0 fully saturated rings. The number of phenolic OH excluding ortho intramolecular Hbond substituents is 2. The Bertz CT molecular complexity index is 1440. The number of carboxylic acids is 1. The van der Waals surface area contributed by atoms with Gasteiger partial charge in [0.25, 0.3) is 0 Å². The molecule has 1 aliphatic heterocycles. The van der Waals surface area contributed by atoms with Crippen LogP contribution < -0.4 is 0 Å². The van der Waals surface area contributed by atoms with Gasteiger partial charge in [0.15, 0.2) is 5.60 Å². The van der Waals surface area contributed by atoms with Crippen LogP contribution in [0.3, 0.4) is 0 Å². The average molecular weight is 688 g/mol. The van der Waals surface area contributed by atoms with Gasteiger partial charge in [-0.25, -0.2) is 9.59 Å². The highest BCUT2D eigenvalue weighted by molar-refractivity contribution is 9.10. The number of fused-ring (bicyclic) bond motifs is 1. The van der Waals surface area contributed by atoms with Crippen LogP contribution >= 0.6 is 31.9 Å². The molecule has 0 aromatic heterocycles. The first-order chi connectivity index (χ1) is 19.6. The van der Waals surface area contributed by atoms with Gasteiger partial charge in [-0.05, 0) is 72.2 Å². The molecule has 218 valence electrons. The number of rotatable bonds is 11. The van der Waals surface area contributed by atoms with Crippen LogP contribution in [0.1, 0.15) is 113 Å². The molecule has 0 spiro atoms. The number of ether oxygens (including phenoxy) is 1. The maximum atomic E-state index is 13.6. The molecular formula is C33H36Br2O6. The molecule has 41 heavy (non-hydrogen) atoms. The fourth-order valence-electron chi connectivity index (χ4n) is 6.17. The molecule has 1 aliphatic rings. The monoisotopic (exact) mass is 686 g/mol. The minimum absolute atomic E-state index is 0.0758. The summed E-state index contributed by atoms with van der Waals surface area (Å²) in [6.45, 7) is 8.16. The summed E-state index contributed by atoms with van der Waals surface area (Å²) in [5.74, 6) is -2.13.